The van der Waals surface area contributed by atoms with E-state index in [9.17, 15) is 0 Å². The van der Waals surface area contributed by atoms with Crippen LogP contribution in [0.5, 0.6) is 0 Å². The molecule has 2 aliphatic rings. The molecule has 0 N–H and O–H groups in total. The zero-order chi connectivity index (χ0) is 12.2. The first-order chi connectivity index (χ1) is 8.93. The van der Waals surface area contributed by atoms with Crippen molar-refractivity contribution in [3.05, 3.63) is 48.2 Å². The fraction of sp³-hybridized carbons (Fsp3) is 0.556. The van der Waals surface area contributed by atoms with E-state index in [1.54, 1.807) is 11.1 Å². The zero-order valence-electron chi connectivity index (χ0n) is 11.3. The van der Waals surface area contributed by atoms with Crippen LogP contribution in [0.1, 0.15) is 74.3 Å². The summed E-state index contributed by atoms with van der Waals surface area (Å²) in [5, 5.41) is 0. The number of benzene rings is 1. The third-order valence-electron chi connectivity index (χ3n) is 4.64. The molecule has 0 aliphatic heterocycles. The summed E-state index contributed by atoms with van der Waals surface area (Å²) >= 11 is 0. The predicted molar refractivity (Wildman–Crippen MR) is 77.5 cm³/mol. The molecule has 2 fully saturated rings. The lowest BCUT2D eigenvalue weighted by Crippen LogP contribution is -2.08. The van der Waals surface area contributed by atoms with Crippen molar-refractivity contribution in [3.8, 4) is 0 Å². The van der Waals surface area contributed by atoms with Gasteiger partial charge in [0.05, 0.1) is 0 Å². The summed E-state index contributed by atoms with van der Waals surface area (Å²) in [6.45, 7) is 0. The van der Waals surface area contributed by atoms with Crippen LogP contribution < -0.4 is 0 Å². The molecule has 2 radical (unpaired) electrons. The molecule has 1 aromatic carbocycles. The van der Waals surface area contributed by atoms with E-state index in [0.717, 1.165) is 11.8 Å². The van der Waals surface area contributed by atoms with Gasteiger partial charge in [-0.05, 0) is 61.5 Å². The number of rotatable bonds is 2. The molecule has 0 saturated heterocycles. The summed E-state index contributed by atoms with van der Waals surface area (Å²) in [6.07, 6.45) is 15.9. The lowest BCUT2D eigenvalue weighted by Gasteiger charge is -2.25. The maximum Gasteiger partial charge on any atom is -0.0131 e. The van der Waals surface area contributed by atoms with Crippen LogP contribution in [0.4, 0.5) is 0 Å². The van der Waals surface area contributed by atoms with Gasteiger partial charge in [0, 0.05) is 0 Å². The molecule has 1 aromatic rings. The van der Waals surface area contributed by atoms with Crippen molar-refractivity contribution in [1.29, 1.82) is 0 Å². The van der Waals surface area contributed by atoms with Gasteiger partial charge in [-0.3, -0.25) is 0 Å². The summed E-state index contributed by atoms with van der Waals surface area (Å²) in [5.41, 5.74) is 3.15. The standard InChI is InChI=1S/C18H24/c1-3-8-15(9-4-1)17-12-7-13-18(14-17)16-10-5-2-6-11-16/h3,7,10,12-16H,1-2,4-6,8-9,11H2. The number of hydrogen-bond acceptors (Lipinski definition) is 0. The Balaban J connectivity index is 1.75. The fourth-order valence-corrected chi connectivity index (χ4v) is 3.54. The van der Waals surface area contributed by atoms with Gasteiger partial charge in [-0.1, -0.05) is 49.9 Å². The van der Waals surface area contributed by atoms with Crippen LogP contribution in [-0.4, -0.2) is 0 Å². The Morgan fingerprint density at radius 3 is 2.61 bits per heavy atom. The molecular weight excluding hydrogens is 216 g/mol. The second kappa shape index (κ2) is 5.91. The van der Waals surface area contributed by atoms with Gasteiger partial charge < -0.3 is 0 Å². The molecule has 2 unspecified atom stereocenters. The third-order valence-corrected chi connectivity index (χ3v) is 4.64. The van der Waals surface area contributed by atoms with E-state index >= 15 is 0 Å². The highest BCUT2D eigenvalue weighted by atomic mass is 14.2. The lowest BCUT2D eigenvalue weighted by atomic mass is 9.80. The van der Waals surface area contributed by atoms with Crippen LogP contribution in [0.15, 0.2) is 24.3 Å². The maximum atomic E-state index is 2.54. The van der Waals surface area contributed by atoms with Crippen molar-refractivity contribution in [3.63, 3.8) is 0 Å². The highest BCUT2D eigenvalue weighted by molar-refractivity contribution is 5.31. The summed E-state index contributed by atoms with van der Waals surface area (Å²) in [6, 6.07) is 9.46. The summed E-state index contributed by atoms with van der Waals surface area (Å²) < 4.78 is 0. The molecule has 0 nitrogen and oxygen atoms in total. The average Bonchev–Trinajstić information content (AvgIpc) is 2.49. The average molecular weight is 240 g/mol. The highest BCUT2D eigenvalue weighted by Crippen LogP contribution is 2.36. The third kappa shape index (κ3) is 2.79. The molecule has 0 bridgehead atoms. The topological polar surface area (TPSA) is 0 Å². The van der Waals surface area contributed by atoms with E-state index in [-0.39, 0.29) is 0 Å². The summed E-state index contributed by atoms with van der Waals surface area (Å²) in [4.78, 5) is 0. The van der Waals surface area contributed by atoms with Gasteiger partial charge in [0.2, 0.25) is 0 Å². The molecule has 0 aromatic heterocycles. The van der Waals surface area contributed by atoms with Crippen molar-refractivity contribution in [2.24, 2.45) is 0 Å². The molecule has 2 aliphatic carbocycles. The minimum atomic E-state index is 0.728. The van der Waals surface area contributed by atoms with E-state index in [1.165, 1.54) is 51.4 Å². The number of hydrogen-bond donors (Lipinski definition) is 0. The van der Waals surface area contributed by atoms with Crippen molar-refractivity contribution >= 4 is 0 Å². The molecule has 2 saturated carbocycles. The summed E-state index contributed by atoms with van der Waals surface area (Å²) in [7, 11) is 0. The fourth-order valence-electron chi connectivity index (χ4n) is 3.54. The Kier molecular flexibility index (Phi) is 4.02. The van der Waals surface area contributed by atoms with Gasteiger partial charge in [-0.2, -0.15) is 0 Å². The van der Waals surface area contributed by atoms with Gasteiger partial charge in [0.1, 0.15) is 0 Å². The molecule has 3 rings (SSSR count). The molecule has 2 atom stereocenters. The first kappa shape index (κ1) is 12.3. The smallest absolute Gasteiger partial charge is 0.0131 e. The molecular formula is C18H24. The lowest BCUT2D eigenvalue weighted by molar-refractivity contribution is 0.513. The Bertz CT molecular complexity index is 334. The Morgan fingerprint density at radius 2 is 1.83 bits per heavy atom. The van der Waals surface area contributed by atoms with E-state index < -0.39 is 0 Å². The van der Waals surface area contributed by atoms with E-state index in [0.29, 0.717) is 0 Å². The van der Waals surface area contributed by atoms with Crippen LogP contribution in [0.2, 0.25) is 0 Å². The van der Waals surface area contributed by atoms with Crippen LogP contribution in [0, 0.1) is 12.8 Å². The first-order valence-electron chi connectivity index (χ1n) is 7.68. The summed E-state index contributed by atoms with van der Waals surface area (Å²) in [5.74, 6) is 1.52. The Morgan fingerprint density at radius 1 is 0.889 bits per heavy atom. The van der Waals surface area contributed by atoms with Crippen LogP contribution in [-0.2, 0) is 0 Å². The van der Waals surface area contributed by atoms with Crippen molar-refractivity contribution in [1.82, 2.24) is 0 Å². The van der Waals surface area contributed by atoms with Crippen molar-refractivity contribution in [2.75, 3.05) is 0 Å². The van der Waals surface area contributed by atoms with Crippen LogP contribution in [0.25, 0.3) is 0 Å². The molecule has 0 amide bonds. The zero-order valence-corrected chi connectivity index (χ0v) is 11.3. The molecule has 0 heterocycles. The molecule has 18 heavy (non-hydrogen) atoms. The largest absolute Gasteiger partial charge is 0.0617 e. The highest BCUT2D eigenvalue weighted by Gasteiger charge is 2.19. The van der Waals surface area contributed by atoms with Crippen molar-refractivity contribution in [2.45, 2.75) is 63.2 Å². The molecule has 96 valence electrons. The monoisotopic (exact) mass is 240 g/mol. The van der Waals surface area contributed by atoms with Crippen LogP contribution in [0.3, 0.4) is 0 Å². The second-order valence-electron chi connectivity index (χ2n) is 5.95. The normalized spacial score (nSPS) is 23.1. The molecule has 0 spiro atoms. The maximum absolute atomic E-state index is 2.54. The van der Waals surface area contributed by atoms with E-state index in [2.05, 4.69) is 37.1 Å². The van der Waals surface area contributed by atoms with Gasteiger partial charge in [-0.25, -0.2) is 0 Å². The van der Waals surface area contributed by atoms with Gasteiger partial charge in [0.15, 0.2) is 0 Å². The minimum Gasteiger partial charge on any atom is -0.0617 e. The van der Waals surface area contributed by atoms with E-state index in [4.69, 9.17) is 0 Å². The van der Waals surface area contributed by atoms with Gasteiger partial charge in [-0.15, -0.1) is 0 Å². The Hall–Kier alpha value is -0.780. The quantitative estimate of drug-likeness (QED) is 0.648. The molecule has 0 heteroatoms. The SMILES string of the molecule is [CH]1CCCC(c2cccc(C3[CH]CCCC3)c2)C1. The van der Waals surface area contributed by atoms with Crippen molar-refractivity contribution < 1.29 is 0 Å². The first-order valence-corrected chi connectivity index (χ1v) is 7.68. The second-order valence-corrected chi connectivity index (χ2v) is 5.95. The van der Waals surface area contributed by atoms with E-state index in [1.807, 2.05) is 0 Å². The van der Waals surface area contributed by atoms with Gasteiger partial charge >= 0.3 is 0 Å². The predicted octanol–water partition coefficient (Wildman–Crippen LogP) is 5.41. The minimum absolute atomic E-state index is 0.728. The van der Waals surface area contributed by atoms with Crippen LogP contribution >= 0.6 is 0 Å². The van der Waals surface area contributed by atoms with Gasteiger partial charge in [0.25, 0.3) is 0 Å². The Labute approximate surface area is 112 Å².